The molecule has 1 aliphatic carbocycles. The zero-order chi connectivity index (χ0) is 33.8. The molecule has 1 aliphatic heterocycles. The molecule has 0 atom stereocenters. The van der Waals surface area contributed by atoms with Crippen LogP contribution in [0.1, 0.15) is 106 Å². The number of allylic oxidation sites excluding steroid dienone is 1. The van der Waals surface area contributed by atoms with Crippen molar-refractivity contribution in [3.63, 3.8) is 0 Å². The summed E-state index contributed by atoms with van der Waals surface area (Å²) in [5.74, 6) is 0.524. The van der Waals surface area contributed by atoms with Gasteiger partial charge in [-0.15, -0.1) is 12.8 Å². The van der Waals surface area contributed by atoms with Crippen LogP contribution < -0.4 is 9.80 Å². The fourth-order valence-electron chi connectivity index (χ4n) is 4.22. The van der Waals surface area contributed by atoms with Crippen LogP contribution >= 0.6 is 0 Å². The van der Waals surface area contributed by atoms with E-state index in [0.29, 0.717) is 17.7 Å². The Balaban J connectivity index is 0. The zero-order valence-electron chi connectivity index (χ0n) is 29.1. The number of ether oxygens (including phenoxy) is 1. The van der Waals surface area contributed by atoms with Gasteiger partial charge in [-0.3, -0.25) is 4.90 Å². The van der Waals surface area contributed by atoms with Crippen molar-refractivity contribution in [1.82, 2.24) is 4.90 Å². The molecular formula is C35H59N5O3. The number of hydrogen-bond acceptors (Lipinski definition) is 7. The normalized spacial score (nSPS) is 15.5. The van der Waals surface area contributed by atoms with Crippen molar-refractivity contribution in [3.05, 3.63) is 35.7 Å². The van der Waals surface area contributed by atoms with E-state index in [1.165, 1.54) is 17.0 Å². The first-order valence-electron chi connectivity index (χ1n) is 15.3. The molecule has 0 spiro atoms. The number of carbonyl (C=O) groups is 1. The van der Waals surface area contributed by atoms with Crippen LogP contribution in [-0.2, 0) is 4.74 Å². The number of nitriles is 1. The van der Waals surface area contributed by atoms with Gasteiger partial charge in [0, 0.05) is 33.8 Å². The van der Waals surface area contributed by atoms with Gasteiger partial charge in [-0.25, -0.2) is 9.79 Å². The Morgan fingerprint density at radius 3 is 2.16 bits per heavy atom. The molecule has 0 bridgehead atoms. The first-order chi connectivity index (χ1) is 20.2. The number of anilines is 2. The lowest BCUT2D eigenvalue weighted by atomic mass is 9.76. The number of terminal acetylenes is 1. The minimum atomic E-state index is -0.809. The number of benzene rings is 1. The summed E-state index contributed by atoms with van der Waals surface area (Å²) in [7, 11) is 5.74. The van der Waals surface area contributed by atoms with Crippen LogP contribution in [0.4, 0.5) is 16.2 Å². The Morgan fingerprint density at radius 1 is 1.19 bits per heavy atom. The number of carbonyl (C=O) groups excluding carboxylic acids is 1. The largest absolute Gasteiger partial charge is 0.446 e. The van der Waals surface area contributed by atoms with Gasteiger partial charge in [0.2, 0.25) is 0 Å². The van der Waals surface area contributed by atoms with Crippen LogP contribution in [0.3, 0.4) is 0 Å². The van der Waals surface area contributed by atoms with Crippen molar-refractivity contribution >= 4 is 23.7 Å². The molecular weight excluding hydrogens is 538 g/mol. The van der Waals surface area contributed by atoms with Crippen LogP contribution in [0.2, 0.25) is 0 Å². The monoisotopic (exact) mass is 597 g/mol. The molecule has 0 radical (unpaired) electrons. The van der Waals surface area contributed by atoms with Crippen molar-refractivity contribution in [2.24, 2.45) is 10.4 Å². The highest BCUT2D eigenvalue weighted by atomic mass is 16.6. The Labute approximate surface area is 263 Å². The molecule has 0 aromatic heterocycles. The molecule has 3 rings (SSSR count). The highest BCUT2D eigenvalue weighted by molar-refractivity contribution is 5.77. The SMILES string of the molecule is C#C.C/C=C(\N=C/CC(C)(C)O)N(C)C(=O)OC1CCC(C)(C)CC1.CC.CCC.CN1CN(C)c2cc(C#N)ccc21. The van der Waals surface area contributed by atoms with E-state index in [0.717, 1.165) is 43.6 Å². The Hall–Kier alpha value is -3.49. The first kappa shape index (κ1) is 41.6. The minimum absolute atomic E-state index is 0.00330. The lowest BCUT2D eigenvalue weighted by molar-refractivity contribution is 0.0343. The van der Waals surface area contributed by atoms with Crippen molar-refractivity contribution in [2.75, 3.05) is 37.6 Å². The number of nitrogens with zero attached hydrogens (tertiary/aromatic N) is 5. The van der Waals surface area contributed by atoms with E-state index in [-0.39, 0.29) is 12.2 Å². The number of aliphatic imine (C=N–C) groups is 1. The van der Waals surface area contributed by atoms with Gasteiger partial charge >= 0.3 is 6.09 Å². The highest BCUT2D eigenvalue weighted by Gasteiger charge is 2.30. The fourth-order valence-corrected chi connectivity index (χ4v) is 4.22. The third-order valence-corrected chi connectivity index (χ3v) is 6.60. The highest BCUT2D eigenvalue weighted by Crippen LogP contribution is 2.36. The van der Waals surface area contributed by atoms with E-state index < -0.39 is 5.60 Å². The standard InChI is InChI=1S/C18H32N2O3.C10H11N3.C3H8.C2H6.C2H2/c1-7-15(19-13-12-18(4,5)22)20(6)16(21)23-14-8-10-17(2,3)11-9-14;1-12-7-13(2)10-5-8(6-11)3-4-9(10)12;1-3-2;2*1-2/h7,13-14,22H,8-12H2,1-6H3;3-5H,7H2,1-2H3;3H2,1-2H3;1-2H3;1-2H/b15-7+,19-13-;;;;. The van der Waals surface area contributed by atoms with E-state index in [1.807, 2.05) is 53.1 Å². The summed E-state index contributed by atoms with van der Waals surface area (Å²) < 4.78 is 5.60. The second-order valence-electron chi connectivity index (χ2n) is 11.8. The molecule has 8 heteroatoms. The van der Waals surface area contributed by atoms with Crippen molar-refractivity contribution in [2.45, 2.75) is 113 Å². The van der Waals surface area contributed by atoms with Crippen LogP contribution in [-0.4, -0.2) is 61.8 Å². The molecule has 2 aliphatic rings. The van der Waals surface area contributed by atoms with Gasteiger partial charge < -0.3 is 19.6 Å². The van der Waals surface area contributed by atoms with E-state index in [2.05, 4.69) is 61.4 Å². The fraction of sp³-hybridized carbons (Fsp3) is 0.629. The lowest BCUT2D eigenvalue weighted by Gasteiger charge is -2.34. The number of fused-ring (bicyclic) bond motifs is 1. The maximum atomic E-state index is 12.3. The van der Waals surface area contributed by atoms with Gasteiger partial charge in [0.25, 0.3) is 0 Å². The number of rotatable bonds is 5. The van der Waals surface area contributed by atoms with Gasteiger partial charge in [-0.2, -0.15) is 5.26 Å². The van der Waals surface area contributed by atoms with E-state index >= 15 is 0 Å². The van der Waals surface area contributed by atoms with Crippen LogP contribution in [0.5, 0.6) is 0 Å². The predicted molar refractivity (Wildman–Crippen MR) is 183 cm³/mol. The van der Waals surface area contributed by atoms with Crippen LogP contribution in [0, 0.1) is 29.6 Å². The van der Waals surface area contributed by atoms with Gasteiger partial charge in [-0.05, 0) is 76.1 Å². The smallest absolute Gasteiger partial charge is 0.415 e. The summed E-state index contributed by atoms with van der Waals surface area (Å²) in [6, 6.07) is 7.93. The topological polar surface area (TPSA) is 92.4 Å². The third-order valence-electron chi connectivity index (χ3n) is 6.60. The molecule has 1 fully saturated rings. The van der Waals surface area contributed by atoms with Gasteiger partial charge in [0.15, 0.2) is 0 Å². The van der Waals surface area contributed by atoms with Crippen molar-refractivity contribution in [3.8, 4) is 18.9 Å². The summed E-state index contributed by atoms with van der Waals surface area (Å²) in [5.41, 5.74) is 2.60. The Bertz CT molecular complexity index is 1050. The molecule has 1 heterocycles. The maximum Gasteiger partial charge on any atom is 0.415 e. The average Bonchev–Trinajstić information content (AvgIpc) is 3.26. The summed E-state index contributed by atoms with van der Waals surface area (Å²) in [6.45, 7) is 18.9. The summed E-state index contributed by atoms with van der Waals surface area (Å²) in [5, 5.41) is 18.4. The maximum absolute atomic E-state index is 12.3. The van der Waals surface area contributed by atoms with Crippen LogP contribution in [0.25, 0.3) is 0 Å². The Kier molecular flexibility index (Phi) is 20.6. The quantitative estimate of drug-likeness (QED) is 0.272. The molecule has 8 nitrogen and oxygen atoms in total. The molecule has 43 heavy (non-hydrogen) atoms. The molecule has 1 aromatic carbocycles. The number of amides is 1. The van der Waals surface area contributed by atoms with E-state index in [9.17, 15) is 9.90 Å². The molecule has 242 valence electrons. The third kappa shape index (κ3) is 16.1. The first-order valence-corrected chi connectivity index (χ1v) is 15.3. The summed E-state index contributed by atoms with van der Waals surface area (Å²) in [4.78, 5) is 22.3. The molecule has 1 aromatic rings. The predicted octanol–water partition coefficient (Wildman–Crippen LogP) is 8.21. The molecule has 1 amide bonds. The van der Waals surface area contributed by atoms with Gasteiger partial charge in [-0.1, -0.05) is 48.0 Å². The average molecular weight is 598 g/mol. The number of hydrogen-bond donors (Lipinski definition) is 1. The van der Waals surface area contributed by atoms with Crippen molar-refractivity contribution in [1.29, 1.82) is 5.26 Å². The second-order valence-corrected chi connectivity index (χ2v) is 11.8. The minimum Gasteiger partial charge on any atom is -0.446 e. The van der Waals surface area contributed by atoms with Gasteiger partial charge in [0.05, 0.1) is 35.3 Å². The van der Waals surface area contributed by atoms with E-state index in [1.54, 1.807) is 33.2 Å². The summed E-state index contributed by atoms with van der Waals surface area (Å²) in [6.07, 6.45) is 16.7. The molecule has 1 N–H and O–H groups in total. The lowest BCUT2D eigenvalue weighted by Crippen LogP contribution is -2.33. The Morgan fingerprint density at radius 2 is 1.70 bits per heavy atom. The molecule has 0 saturated heterocycles. The molecule has 0 unspecified atom stereocenters. The van der Waals surface area contributed by atoms with Crippen LogP contribution in [0.15, 0.2) is 35.1 Å². The summed E-state index contributed by atoms with van der Waals surface area (Å²) >= 11 is 0. The van der Waals surface area contributed by atoms with Gasteiger partial charge in [0.1, 0.15) is 11.9 Å². The zero-order valence-corrected chi connectivity index (χ0v) is 29.1. The molecule has 1 saturated carbocycles. The van der Waals surface area contributed by atoms with Crippen molar-refractivity contribution < 1.29 is 14.6 Å². The van der Waals surface area contributed by atoms with E-state index in [4.69, 9.17) is 10.00 Å². The number of aliphatic hydroxyl groups is 1. The second kappa shape index (κ2) is 21.2.